The molecule has 7 N–H and O–H groups in total. The van der Waals surface area contributed by atoms with Gasteiger partial charge in [-0.3, -0.25) is 9.59 Å². The third kappa shape index (κ3) is 16.4. The molecule has 0 radical (unpaired) electrons. The van der Waals surface area contributed by atoms with Gasteiger partial charge in [0.15, 0.2) is 0 Å². The molecular weight excluding hydrogens is 875 g/mol. The van der Waals surface area contributed by atoms with Crippen molar-refractivity contribution in [2.45, 2.75) is 61.4 Å². The number of rotatable bonds is 31. The Morgan fingerprint density at radius 1 is 0.839 bits per heavy atom. The maximum absolute atomic E-state index is 13.6. The standard InChI is InChI=1S/C35H49F5N4O17S/c36-25-26(37)28(39)32(29(40)27(25)38)60-24(50)1-3-54-5-7-56-9-10-57-8-6-55-4-2-44-16-20(42-43-44)19-59-12-11-58-13-14-62-35(34(52)53)15-21(47)30(41-23(49)18-46)33(61-35)31(51)22(48)17-45/h16,21-22,30-31,33,45-48,51H,1-15,17-19H2,(H,41,49)(H,52,53)/t21-,22+,30+,31+,33+,35-/m0/s1. The predicted molar refractivity (Wildman–Crippen MR) is 197 cm³/mol. The van der Waals surface area contributed by atoms with Crippen LogP contribution in [-0.2, 0) is 60.7 Å². The van der Waals surface area contributed by atoms with Gasteiger partial charge < -0.3 is 73.9 Å². The number of ether oxygens (including phenoxy) is 8. The number of amides is 1. The molecule has 2 aromatic rings. The number of carboxylic acid groups (broad SMARTS) is 1. The number of esters is 1. The van der Waals surface area contributed by atoms with Crippen LogP contribution in [0.5, 0.6) is 5.75 Å². The molecule has 3 rings (SSSR count). The van der Waals surface area contributed by atoms with Crippen molar-refractivity contribution in [1.82, 2.24) is 20.3 Å². The van der Waals surface area contributed by atoms with Gasteiger partial charge in [0.1, 0.15) is 30.6 Å². The van der Waals surface area contributed by atoms with Crippen molar-refractivity contribution < 1.29 is 105 Å². The topological polar surface area (TPSA) is 289 Å². The van der Waals surface area contributed by atoms with E-state index in [1.54, 1.807) is 10.9 Å². The van der Waals surface area contributed by atoms with Crippen molar-refractivity contribution in [3.8, 4) is 5.75 Å². The molecule has 0 bridgehead atoms. The lowest BCUT2D eigenvalue weighted by molar-refractivity contribution is -0.205. The fourth-order valence-corrected chi connectivity index (χ4v) is 6.49. The molecule has 21 nitrogen and oxygen atoms in total. The Hall–Kier alpha value is -3.71. The number of carboxylic acids is 1. The number of hydrogen-bond donors (Lipinski definition) is 7. The van der Waals surface area contributed by atoms with Gasteiger partial charge >= 0.3 is 11.9 Å². The van der Waals surface area contributed by atoms with Gasteiger partial charge in [-0.25, -0.2) is 22.6 Å². The van der Waals surface area contributed by atoms with E-state index in [9.17, 15) is 61.9 Å². The van der Waals surface area contributed by atoms with E-state index in [0.717, 1.165) is 11.8 Å². The molecule has 352 valence electrons. The summed E-state index contributed by atoms with van der Waals surface area (Å²) in [6.07, 6.45) is -6.32. The van der Waals surface area contributed by atoms with Crippen molar-refractivity contribution >= 4 is 29.6 Å². The average molecular weight is 925 g/mol. The van der Waals surface area contributed by atoms with E-state index in [-0.39, 0.29) is 78.4 Å². The number of aliphatic carboxylic acids is 1. The summed E-state index contributed by atoms with van der Waals surface area (Å²) >= 11 is 0.752. The first-order valence-electron chi connectivity index (χ1n) is 18.8. The smallest absolute Gasteiger partial charge is 0.346 e. The molecule has 27 heteroatoms. The molecule has 6 atom stereocenters. The van der Waals surface area contributed by atoms with Crippen LogP contribution >= 0.6 is 11.8 Å². The van der Waals surface area contributed by atoms with E-state index in [2.05, 4.69) is 20.4 Å². The van der Waals surface area contributed by atoms with Crippen LogP contribution in [0, 0.1) is 29.1 Å². The SMILES string of the molecule is O=C(CO)N[C@H]1[C@H]([C@H](O)[C@H](O)CO)O[C@@](SCCOCCOCc2cn(CCOCCOCCOCCOCCC(=O)Oc3c(F)c(F)c(F)c(F)c3F)nn2)(C(=O)O)C[C@@H]1O. The summed E-state index contributed by atoms with van der Waals surface area (Å²) in [5.74, 6) is -16.7. The number of nitrogens with zero attached hydrogens (tertiary/aromatic N) is 3. The highest BCUT2D eigenvalue weighted by Crippen LogP contribution is 2.40. The predicted octanol–water partition coefficient (Wildman–Crippen LogP) is -1.58. The monoisotopic (exact) mass is 924 g/mol. The maximum Gasteiger partial charge on any atom is 0.346 e. The second-order valence-corrected chi connectivity index (χ2v) is 14.3. The number of thioether (sulfide) groups is 1. The largest absolute Gasteiger partial charge is 0.478 e. The molecular formula is C35H49F5N4O17S. The minimum Gasteiger partial charge on any atom is -0.478 e. The van der Waals surface area contributed by atoms with Gasteiger partial charge in [0.2, 0.25) is 45.7 Å². The van der Waals surface area contributed by atoms with Gasteiger partial charge in [-0.1, -0.05) is 5.21 Å². The second-order valence-electron chi connectivity index (χ2n) is 13.0. The number of hydrogen-bond acceptors (Lipinski definition) is 19. The maximum atomic E-state index is 13.6. The number of aromatic nitrogens is 3. The molecule has 0 saturated carbocycles. The van der Waals surface area contributed by atoms with Crippen LogP contribution in [0.1, 0.15) is 18.5 Å². The Balaban J connectivity index is 1.18. The van der Waals surface area contributed by atoms with Crippen LogP contribution in [0.2, 0.25) is 0 Å². The van der Waals surface area contributed by atoms with E-state index < -0.39 is 114 Å². The Bertz CT molecular complexity index is 1680. The first-order valence-corrected chi connectivity index (χ1v) is 19.8. The summed E-state index contributed by atoms with van der Waals surface area (Å²) in [6, 6.07) is -1.40. The number of carbonyl (C=O) groups excluding carboxylic acids is 2. The number of benzene rings is 1. The Kier molecular flexibility index (Phi) is 23.3. The third-order valence-electron chi connectivity index (χ3n) is 8.48. The molecule has 0 aliphatic carbocycles. The van der Waals surface area contributed by atoms with E-state index in [4.69, 9.17) is 38.3 Å². The van der Waals surface area contributed by atoms with Gasteiger partial charge in [0.05, 0.1) is 117 Å². The zero-order valence-corrected chi connectivity index (χ0v) is 33.8. The minimum atomic E-state index is -2.37. The Morgan fingerprint density at radius 3 is 1.97 bits per heavy atom. The van der Waals surface area contributed by atoms with Crippen molar-refractivity contribution in [2.75, 3.05) is 91.6 Å². The molecule has 1 saturated heterocycles. The number of halogens is 5. The van der Waals surface area contributed by atoms with E-state index in [1.807, 2.05) is 0 Å². The number of aliphatic hydroxyl groups excluding tert-OH is 5. The van der Waals surface area contributed by atoms with Gasteiger partial charge in [0.25, 0.3) is 0 Å². The van der Waals surface area contributed by atoms with Crippen molar-refractivity contribution in [1.29, 1.82) is 0 Å². The molecule has 2 heterocycles. The first-order chi connectivity index (χ1) is 29.6. The highest BCUT2D eigenvalue weighted by atomic mass is 32.2. The highest BCUT2D eigenvalue weighted by molar-refractivity contribution is 8.01. The van der Waals surface area contributed by atoms with Crippen LogP contribution in [0.3, 0.4) is 0 Å². The molecule has 1 amide bonds. The van der Waals surface area contributed by atoms with Crippen LogP contribution in [0.25, 0.3) is 0 Å². The van der Waals surface area contributed by atoms with Gasteiger partial charge in [0, 0.05) is 12.2 Å². The van der Waals surface area contributed by atoms with Crippen LogP contribution in [0.4, 0.5) is 22.0 Å². The molecule has 1 aromatic carbocycles. The number of nitrogens with one attached hydrogen (secondary N) is 1. The van der Waals surface area contributed by atoms with Crippen molar-refractivity contribution in [3.63, 3.8) is 0 Å². The minimum absolute atomic E-state index is 0.0310. The average Bonchev–Trinajstić information content (AvgIpc) is 3.72. The van der Waals surface area contributed by atoms with Crippen molar-refractivity contribution in [3.05, 3.63) is 41.0 Å². The fourth-order valence-electron chi connectivity index (χ4n) is 5.36. The lowest BCUT2D eigenvalue weighted by atomic mass is 9.89. The molecule has 1 aromatic heterocycles. The normalized spacial score (nSPS) is 19.9. The van der Waals surface area contributed by atoms with E-state index in [1.165, 1.54) is 0 Å². The van der Waals surface area contributed by atoms with E-state index >= 15 is 0 Å². The number of aliphatic hydroxyl groups is 5. The van der Waals surface area contributed by atoms with Gasteiger partial charge in [-0.2, -0.15) is 8.78 Å². The summed E-state index contributed by atoms with van der Waals surface area (Å²) in [4.78, 5) is 33.7. The van der Waals surface area contributed by atoms with Gasteiger partial charge in [-0.05, 0) is 0 Å². The highest BCUT2D eigenvalue weighted by Gasteiger charge is 2.55. The summed E-state index contributed by atoms with van der Waals surface area (Å²) in [6.45, 7) is 0.127. The second kappa shape index (κ2) is 27.5. The van der Waals surface area contributed by atoms with Crippen molar-refractivity contribution in [2.24, 2.45) is 0 Å². The number of carbonyl (C=O) groups is 3. The fraction of sp³-hybridized carbons (Fsp3) is 0.686. The van der Waals surface area contributed by atoms with Crippen LogP contribution in [-0.4, -0.2) is 191 Å². The third-order valence-corrected chi connectivity index (χ3v) is 9.75. The summed E-state index contributed by atoms with van der Waals surface area (Å²) in [5, 5.41) is 69.8. The van der Waals surface area contributed by atoms with E-state index in [0.29, 0.717) is 18.8 Å². The zero-order valence-electron chi connectivity index (χ0n) is 33.0. The van der Waals surface area contributed by atoms with Crippen LogP contribution in [0.15, 0.2) is 6.20 Å². The summed E-state index contributed by atoms with van der Waals surface area (Å²) < 4.78 is 111. The summed E-state index contributed by atoms with van der Waals surface area (Å²) in [7, 11) is 0. The molecule has 1 aliphatic rings. The lowest BCUT2D eigenvalue weighted by Gasteiger charge is -2.46. The molecule has 0 unspecified atom stereocenters. The Morgan fingerprint density at radius 2 is 1.39 bits per heavy atom. The lowest BCUT2D eigenvalue weighted by Crippen LogP contribution is -2.66. The zero-order chi connectivity index (χ0) is 45.7. The molecule has 0 spiro atoms. The quantitative estimate of drug-likeness (QED) is 0.0112. The Labute approximate surface area is 354 Å². The van der Waals surface area contributed by atoms with Crippen LogP contribution < -0.4 is 10.1 Å². The molecule has 1 aliphatic heterocycles. The first kappa shape index (κ1) is 52.6. The summed E-state index contributed by atoms with van der Waals surface area (Å²) in [5.41, 5.74) is 0.538. The molecule has 62 heavy (non-hydrogen) atoms. The molecule has 1 fully saturated rings. The van der Waals surface area contributed by atoms with Gasteiger partial charge in [-0.15, -0.1) is 16.9 Å².